The van der Waals surface area contributed by atoms with Gasteiger partial charge >= 0.3 is 0 Å². The van der Waals surface area contributed by atoms with E-state index in [2.05, 4.69) is 15.3 Å². The number of rotatable bonds is 11. The van der Waals surface area contributed by atoms with E-state index in [-0.39, 0.29) is 32.0 Å². The number of aliphatic hydroxyl groups excluding tert-OH is 4. The number of nitrogens with two attached hydrogens (primary N) is 5. The molecule has 15 N–H and O–H groups in total. The number of nitrogens with one attached hydrogen (secondary N) is 1. The largest absolute Gasteiger partial charge is 0.394 e. The van der Waals surface area contributed by atoms with Gasteiger partial charge in [0.2, 0.25) is 5.91 Å². The Morgan fingerprint density at radius 3 is 2.40 bits per heavy atom. The van der Waals surface area contributed by atoms with Gasteiger partial charge in [-0.1, -0.05) is 5.11 Å². The fourth-order valence-electron chi connectivity index (χ4n) is 5.21. The van der Waals surface area contributed by atoms with Crippen molar-refractivity contribution in [1.29, 1.82) is 0 Å². The Morgan fingerprint density at radius 1 is 1.07 bits per heavy atom. The van der Waals surface area contributed by atoms with Crippen molar-refractivity contribution < 1.29 is 44.2 Å². The van der Waals surface area contributed by atoms with E-state index in [1.807, 2.05) is 0 Å². The van der Waals surface area contributed by atoms with Gasteiger partial charge in [-0.2, -0.15) is 0 Å². The van der Waals surface area contributed by atoms with Gasteiger partial charge in [0.25, 0.3) is 0 Å². The van der Waals surface area contributed by atoms with Crippen molar-refractivity contribution in [3.8, 4) is 0 Å². The maximum atomic E-state index is 12.7. The van der Waals surface area contributed by atoms with E-state index in [9.17, 15) is 30.8 Å². The summed E-state index contributed by atoms with van der Waals surface area (Å²) in [5.41, 5.74) is 39.3. The van der Waals surface area contributed by atoms with Crippen LogP contribution >= 0.6 is 0 Å². The third-order valence-corrected chi connectivity index (χ3v) is 7.55. The normalized spacial score (nSPS) is 43.0. The summed E-state index contributed by atoms with van der Waals surface area (Å²) in [5.74, 6) is -0.774. The molecule has 0 aromatic carbocycles. The molecule has 0 aromatic rings. The van der Waals surface area contributed by atoms with E-state index in [1.165, 1.54) is 0 Å². The summed E-state index contributed by atoms with van der Waals surface area (Å²) in [4.78, 5) is 15.6. The molecule has 2 heterocycles. The van der Waals surface area contributed by atoms with E-state index in [4.69, 9.17) is 47.6 Å². The Hall–Kier alpha value is -1.74. The van der Waals surface area contributed by atoms with Crippen molar-refractivity contribution in [2.24, 2.45) is 33.8 Å². The molecule has 0 unspecified atom stereocenters. The van der Waals surface area contributed by atoms with E-state index >= 15 is 0 Å². The molecule has 1 saturated carbocycles. The predicted octanol–water partition coefficient (Wildman–Crippen LogP) is -5.08. The second-order valence-electron chi connectivity index (χ2n) is 10.4. The fraction of sp³-hybridized carbons (Fsp3) is 0.955. The van der Waals surface area contributed by atoms with Crippen LogP contribution in [0.2, 0.25) is 0 Å². The highest BCUT2D eigenvalue weighted by Crippen LogP contribution is 2.33. The molecule has 230 valence electrons. The smallest absolute Gasteiger partial charge is 0.249 e. The van der Waals surface area contributed by atoms with E-state index in [0.717, 1.165) is 0 Å². The number of ether oxygens (including phenoxy) is 4. The molecule has 1 amide bonds. The lowest BCUT2D eigenvalue weighted by Gasteiger charge is -2.48. The van der Waals surface area contributed by atoms with Gasteiger partial charge < -0.3 is 73.4 Å². The number of carbonyl (C=O) groups is 1. The molecule has 0 radical (unpaired) electrons. The molecule has 2 saturated heterocycles. The molecular formula is C22H43N9O9. The highest BCUT2D eigenvalue weighted by Gasteiger charge is 2.51. The van der Waals surface area contributed by atoms with Crippen LogP contribution in [0, 0.1) is 0 Å². The Labute approximate surface area is 231 Å². The lowest BCUT2D eigenvalue weighted by Crippen LogP contribution is -2.68. The molecule has 18 heteroatoms. The summed E-state index contributed by atoms with van der Waals surface area (Å²) >= 11 is 0. The van der Waals surface area contributed by atoms with Crippen molar-refractivity contribution in [2.75, 3.05) is 19.7 Å². The van der Waals surface area contributed by atoms with Gasteiger partial charge in [-0.3, -0.25) is 4.79 Å². The van der Waals surface area contributed by atoms with Crippen LogP contribution in [-0.4, -0.2) is 132 Å². The zero-order valence-electron chi connectivity index (χ0n) is 22.1. The number of aliphatic hydroxyl groups is 4. The standard InChI is InChI=1S/C22H43N9O9/c23-4-3-12(33)20(36)29-11-5-10(26)18(39-21-9(25)2-1-8(6-24)37-21)15(30-31-28)19(11)40-22-17(35)14(27)16(34)13(7-32)38-22/h8-19,21-22,32-35H,1-7,23-27H2,(H,29,36)/t8-,9+,10-,11+,12-,13+,14-,15+,16-,17+,18+,19-,21+,22+/m0/s1. The first kappa shape index (κ1) is 32.8. The lowest BCUT2D eigenvalue weighted by molar-refractivity contribution is -0.301. The molecule has 0 aromatic heterocycles. The monoisotopic (exact) mass is 577 g/mol. The van der Waals surface area contributed by atoms with Crippen LogP contribution in [0.1, 0.15) is 25.7 Å². The van der Waals surface area contributed by atoms with Crippen LogP contribution < -0.4 is 34.0 Å². The van der Waals surface area contributed by atoms with Gasteiger partial charge in [0.15, 0.2) is 12.6 Å². The summed E-state index contributed by atoms with van der Waals surface area (Å²) in [6.45, 7) is -0.345. The summed E-state index contributed by atoms with van der Waals surface area (Å²) in [7, 11) is 0. The Kier molecular flexibility index (Phi) is 12.2. The Morgan fingerprint density at radius 2 is 1.77 bits per heavy atom. The Balaban J connectivity index is 1.92. The van der Waals surface area contributed by atoms with Crippen molar-refractivity contribution in [3.63, 3.8) is 0 Å². The average Bonchev–Trinajstić information content (AvgIpc) is 2.93. The van der Waals surface area contributed by atoms with Gasteiger partial charge in [0.1, 0.15) is 24.4 Å². The topological polar surface area (TPSA) is 326 Å². The maximum Gasteiger partial charge on any atom is 0.249 e. The van der Waals surface area contributed by atoms with E-state index < -0.39 is 91.9 Å². The average molecular weight is 578 g/mol. The van der Waals surface area contributed by atoms with Crippen molar-refractivity contribution in [3.05, 3.63) is 10.4 Å². The third kappa shape index (κ3) is 7.55. The lowest BCUT2D eigenvalue weighted by atomic mass is 9.82. The number of nitrogens with zero attached hydrogens (tertiary/aromatic N) is 3. The first-order valence-electron chi connectivity index (χ1n) is 13.3. The molecule has 18 nitrogen and oxygen atoms in total. The van der Waals surface area contributed by atoms with Crippen LogP contribution in [0.25, 0.3) is 10.4 Å². The zero-order valence-corrected chi connectivity index (χ0v) is 22.1. The molecule has 3 rings (SSSR count). The van der Waals surface area contributed by atoms with Gasteiger partial charge in [-0.25, -0.2) is 0 Å². The minimum Gasteiger partial charge on any atom is -0.394 e. The van der Waals surface area contributed by atoms with Gasteiger partial charge in [0.05, 0.1) is 49.1 Å². The van der Waals surface area contributed by atoms with E-state index in [0.29, 0.717) is 12.8 Å². The van der Waals surface area contributed by atoms with Crippen LogP contribution in [0.3, 0.4) is 0 Å². The summed E-state index contributed by atoms with van der Waals surface area (Å²) in [6.07, 6.45) is -9.46. The van der Waals surface area contributed by atoms with Crippen LogP contribution in [0.5, 0.6) is 0 Å². The van der Waals surface area contributed by atoms with E-state index in [1.54, 1.807) is 0 Å². The summed E-state index contributed by atoms with van der Waals surface area (Å²) in [5, 5.41) is 47.2. The molecule has 0 spiro atoms. The molecule has 40 heavy (non-hydrogen) atoms. The van der Waals surface area contributed by atoms with Crippen molar-refractivity contribution >= 4 is 5.91 Å². The first-order chi connectivity index (χ1) is 19.1. The maximum absolute atomic E-state index is 12.7. The van der Waals surface area contributed by atoms with Crippen molar-refractivity contribution in [2.45, 2.75) is 111 Å². The third-order valence-electron chi connectivity index (χ3n) is 7.55. The summed E-state index contributed by atoms with van der Waals surface area (Å²) in [6, 6.07) is -4.83. The second-order valence-corrected chi connectivity index (χ2v) is 10.4. The molecule has 14 atom stereocenters. The molecule has 3 fully saturated rings. The van der Waals surface area contributed by atoms with Crippen LogP contribution in [0.15, 0.2) is 5.11 Å². The number of amides is 1. The van der Waals surface area contributed by atoms with Gasteiger partial charge in [-0.05, 0) is 37.8 Å². The van der Waals surface area contributed by atoms with Crippen molar-refractivity contribution in [1.82, 2.24) is 5.32 Å². The number of azide groups is 1. The molecule has 3 aliphatic rings. The van der Waals surface area contributed by atoms with Crippen LogP contribution in [-0.2, 0) is 23.7 Å². The number of hydrogen-bond acceptors (Lipinski definition) is 15. The quantitative estimate of drug-likeness (QED) is 0.0624. The van der Waals surface area contributed by atoms with Crippen LogP contribution in [0.4, 0.5) is 0 Å². The number of carbonyl (C=O) groups excluding carboxylic acids is 1. The molecule has 2 aliphatic heterocycles. The zero-order chi connectivity index (χ0) is 29.6. The van der Waals surface area contributed by atoms with Gasteiger partial charge in [-0.15, -0.1) is 0 Å². The fourth-order valence-corrected chi connectivity index (χ4v) is 5.21. The highest BCUT2D eigenvalue weighted by atomic mass is 16.7. The minimum atomic E-state index is -1.57. The number of hydrogen-bond donors (Lipinski definition) is 10. The second kappa shape index (κ2) is 14.9. The molecule has 1 aliphatic carbocycles. The predicted molar refractivity (Wildman–Crippen MR) is 138 cm³/mol. The molecular weight excluding hydrogens is 534 g/mol. The van der Waals surface area contributed by atoms with Gasteiger partial charge in [0, 0.05) is 17.5 Å². The first-order valence-corrected chi connectivity index (χ1v) is 13.3. The Bertz CT molecular complexity index is 870. The summed E-state index contributed by atoms with van der Waals surface area (Å²) < 4.78 is 23.7. The SMILES string of the molecule is [N-]=[N+]=N[C@H]1[C@@H](O[C@H]2O[C@H](CO)[C@H](O)[C@H](N)[C@H]2O)[C@H](NC(=O)[C@@H](O)CCN)C[C@H](N)[C@H]1O[C@H]1O[C@H](CN)CC[C@H]1N. The minimum absolute atomic E-state index is 0.0110. The molecule has 0 bridgehead atoms. The highest BCUT2D eigenvalue weighted by molar-refractivity contribution is 5.80.